The lowest BCUT2D eigenvalue weighted by atomic mass is 9.92. The highest BCUT2D eigenvalue weighted by Crippen LogP contribution is 2.43. The zero-order valence-electron chi connectivity index (χ0n) is 29.3. The maximum atomic E-state index is 14.9. The number of rotatable bonds is 8. The van der Waals surface area contributed by atoms with Gasteiger partial charge < -0.3 is 4.57 Å². The monoisotopic (exact) mass is 711 g/mol. The Labute approximate surface area is 314 Å². The molecule has 0 aliphatic heterocycles. The van der Waals surface area contributed by atoms with Crippen LogP contribution in [0, 0.1) is 0 Å². The highest BCUT2D eigenvalue weighted by molar-refractivity contribution is 7.85. The maximum Gasteiger partial charge on any atom is 0.171 e. The van der Waals surface area contributed by atoms with Gasteiger partial charge in [-0.25, -0.2) is 15.0 Å². The molecule has 1 aromatic heterocycles. The van der Waals surface area contributed by atoms with Crippen LogP contribution in [0.15, 0.2) is 206 Å². The second-order valence-electron chi connectivity index (χ2n) is 13.1. The number of nitrogens with zero attached hydrogens (tertiary/aromatic N) is 3. The SMILES string of the molecule is O=P(c1ccccc1)(c1ccccc1)c1ccc(-c2ccc(-c3ccc(-c4nc(-c5ccccc5)nc(-c5ccccc5)n4)cc3)c3ccccc23)cc1. The molecule has 0 fully saturated rings. The second-order valence-corrected chi connectivity index (χ2v) is 15.9. The molecule has 0 aliphatic rings. The van der Waals surface area contributed by atoms with E-state index in [2.05, 4.69) is 72.8 Å². The van der Waals surface area contributed by atoms with Crippen LogP contribution in [0.1, 0.15) is 0 Å². The highest BCUT2D eigenvalue weighted by atomic mass is 31.2. The second kappa shape index (κ2) is 14.4. The van der Waals surface area contributed by atoms with Gasteiger partial charge in [0.15, 0.2) is 24.6 Å². The van der Waals surface area contributed by atoms with Gasteiger partial charge in [0.05, 0.1) is 0 Å². The van der Waals surface area contributed by atoms with E-state index in [4.69, 9.17) is 15.0 Å². The molecular weight excluding hydrogens is 678 g/mol. The van der Waals surface area contributed by atoms with E-state index in [1.807, 2.05) is 133 Å². The number of aromatic nitrogens is 3. The van der Waals surface area contributed by atoms with Gasteiger partial charge in [-0.15, -0.1) is 0 Å². The van der Waals surface area contributed by atoms with Gasteiger partial charge in [-0.1, -0.05) is 206 Å². The van der Waals surface area contributed by atoms with Gasteiger partial charge >= 0.3 is 0 Å². The molecule has 9 rings (SSSR count). The summed E-state index contributed by atoms with van der Waals surface area (Å²) in [6.45, 7) is 0. The zero-order chi connectivity index (χ0) is 36.3. The van der Waals surface area contributed by atoms with Crippen molar-refractivity contribution in [1.29, 1.82) is 0 Å². The Bertz CT molecular complexity index is 2650. The van der Waals surface area contributed by atoms with Gasteiger partial charge in [0.1, 0.15) is 0 Å². The summed E-state index contributed by atoms with van der Waals surface area (Å²) < 4.78 is 14.9. The summed E-state index contributed by atoms with van der Waals surface area (Å²) in [6, 6.07) is 69.3. The van der Waals surface area contributed by atoms with Crippen molar-refractivity contribution in [2.45, 2.75) is 0 Å². The summed E-state index contributed by atoms with van der Waals surface area (Å²) in [5.41, 5.74) is 7.24. The van der Waals surface area contributed by atoms with Crippen LogP contribution in [0.25, 0.3) is 67.2 Å². The lowest BCUT2D eigenvalue weighted by molar-refractivity contribution is 0.592. The van der Waals surface area contributed by atoms with Crippen LogP contribution in [0.2, 0.25) is 0 Å². The number of benzene rings is 8. The Hall–Kier alpha value is -6.74. The molecule has 0 bridgehead atoms. The first-order valence-corrected chi connectivity index (χ1v) is 19.7. The van der Waals surface area contributed by atoms with Gasteiger partial charge in [0.2, 0.25) is 0 Å². The molecule has 256 valence electrons. The molecule has 0 atom stereocenters. The lowest BCUT2D eigenvalue weighted by Crippen LogP contribution is -2.24. The van der Waals surface area contributed by atoms with E-state index in [9.17, 15) is 4.57 Å². The van der Waals surface area contributed by atoms with E-state index in [-0.39, 0.29) is 0 Å². The van der Waals surface area contributed by atoms with Gasteiger partial charge in [-0.3, -0.25) is 0 Å². The van der Waals surface area contributed by atoms with Crippen molar-refractivity contribution >= 4 is 33.8 Å². The van der Waals surface area contributed by atoms with Gasteiger partial charge in [-0.2, -0.15) is 0 Å². The minimum absolute atomic E-state index is 0.627. The molecule has 9 aromatic rings. The van der Waals surface area contributed by atoms with Gasteiger partial charge in [0, 0.05) is 32.6 Å². The minimum Gasteiger partial charge on any atom is -0.309 e. The summed E-state index contributed by atoms with van der Waals surface area (Å²) in [5.74, 6) is 1.91. The van der Waals surface area contributed by atoms with Crippen LogP contribution in [-0.2, 0) is 4.57 Å². The van der Waals surface area contributed by atoms with Crippen molar-refractivity contribution in [1.82, 2.24) is 15.0 Å². The molecule has 0 radical (unpaired) electrons. The fourth-order valence-corrected chi connectivity index (χ4v) is 9.76. The predicted octanol–water partition coefficient (Wildman–Crippen LogP) is 11.0. The third-order valence-electron chi connectivity index (χ3n) is 9.86. The largest absolute Gasteiger partial charge is 0.309 e. The molecular formula is C49H34N3OP. The van der Waals surface area contributed by atoms with Crippen LogP contribution >= 0.6 is 7.14 Å². The average Bonchev–Trinajstić information content (AvgIpc) is 3.27. The van der Waals surface area contributed by atoms with Crippen LogP contribution in [0.5, 0.6) is 0 Å². The third-order valence-corrected chi connectivity index (χ3v) is 12.9. The molecule has 5 heteroatoms. The predicted molar refractivity (Wildman–Crippen MR) is 224 cm³/mol. The van der Waals surface area contributed by atoms with E-state index in [1.165, 1.54) is 0 Å². The van der Waals surface area contributed by atoms with Crippen molar-refractivity contribution in [2.24, 2.45) is 0 Å². The summed E-state index contributed by atoms with van der Waals surface area (Å²) >= 11 is 0. The fourth-order valence-electron chi connectivity index (χ4n) is 7.11. The maximum absolute atomic E-state index is 14.9. The topological polar surface area (TPSA) is 55.7 Å². The fraction of sp³-hybridized carbons (Fsp3) is 0. The summed E-state index contributed by atoms with van der Waals surface area (Å²) in [6.07, 6.45) is 0. The third kappa shape index (κ3) is 6.23. The van der Waals surface area contributed by atoms with Crippen molar-refractivity contribution in [3.8, 4) is 56.4 Å². The molecule has 8 aromatic carbocycles. The number of hydrogen-bond acceptors (Lipinski definition) is 4. The quantitative estimate of drug-likeness (QED) is 0.147. The summed E-state index contributed by atoms with van der Waals surface area (Å²) in [4.78, 5) is 14.7. The van der Waals surface area contributed by atoms with E-state index >= 15 is 0 Å². The number of hydrogen-bond donors (Lipinski definition) is 0. The summed E-state index contributed by atoms with van der Waals surface area (Å²) in [5, 5.41) is 4.78. The molecule has 1 heterocycles. The Balaban J connectivity index is 1.07. The van der Waals surface area contributed by atoms with Crippen molar-refractivity contribution in [3.05, 3.63) is 206 Å². The van der Waals surface area contributed by atoms with Crippen molar-refractivity contribution in [2.75, 3.05) is 0 Å². The molecule has 0 spiro atoms. The van der Waals surface area contributed by atoms with E-state index in [0.717, 1.165) is 65.6 Å². The molecule has 0 aliphatic carbocycles. The molecule has 0 unspecified atom stereocenters. The molecule has 0 N–H and O–H groups in total. The van der Waals surface area contributed by atoms with Crippen LogP contribution < -0.4 is 15.9 Å². The minimum atomic E-state index is -3.06. The lowest BCUT2D eigenvalue weighted by Gasteiger charge is -2.20. The van der Waals surface area contributed by atoms with Crippen molar-refractivity contribution < 1.29 is 4.57 Å². The van der Waals surface area contributed by atoms with Crippen LogP contribution in [0.4, 0.5) is 0 Å². The van der Waals surface area contributed by atoms with Gasteiger partial charge in [0.25, 0.3) is 0 Å². The van der Waals surface area contributed by atoms with Crippen LogP contribution in [0.3, 0.4) is 0 Å². The van der Waals surface area contributed by atoms with E-state index in [1.54, 1.807) is 0 Å². The molecule has 0 saturated heterocycles. The summed E-state index contributed by atoms with van der Waals surface area (Å²) in [7, 11) is -3.06. The smallest absolute Gasteiger partial charge is 0.171 e. The normalized spacial score (nSPS) is 11.4. The Morgan fingerprint density at radius 2 is 0.574 bits per heavy atom. The molecule has 0 amide bonds. The van der Waals surface area contributed by atoms with Gasteiger partial charge in [-0.05, 0) is 33.0 Å². The van der Waals surface area contributed by atoms with E-state index in [0.29, 0.717) is 17.5 Å². The Morgan fingerprint density at radius 1 is 0.278 bits per heavy atom. The number of fused-ring (bicyclic) bond motifs is 1. The first kappa shape index (κ1) is 33.1. The molecule has 4 nitrogen and oxygen atoms in total. The first-order valence-electron chi connectivity index (χ1n) is 18.0. The first-order chi connectivity index (χ1) is 26.6. The Kier molecular flexibility index (Phi) is 8.80. The highest BCUT2D eigenvalue weighted by Gasteiger charge is 2.29. The standard InChI is InChI=1S/C49H34N3OP/c53-54(40-19-9-3-10-20-40,41-21-11-4-12-22-41)42-31-29-36(30-32-42)44-34-33-43(45-23-13-14-24-46(44)45)35-25-27-39(28-26-35)49-51-47(37-15-5-1-6-16-37)50-48(52-49)38-17-7-2-8-18-38/h1-34H. The molecule has 54 heavy (non-hydrogen) atoms. The van der Waals surface area contributed by atoms with Crippen molar-refractivity contribution in [3.63, 3.8) is 0 Å². The van der Waals surface area contributed by atoms with Crippen LogP contribution in [-0.4, -0.2) is 15.0 Å². The average molecular weight is 712 g/mol. The van der Waals surface area contributed by atoms with E-state index < -0.39 is 7.14 Å². The zero-order valence-corrected chi connectivity index (χ0v) is 30.2. The Morgan fingerprint density at radius 3 is 0.981 bits per heavy atom. The molecule has 0 saturated carbocycles.